The van der Waals surface area contributed by atoms with Crippen molar-refractivity contribution in [1.29, 1.82) is 0 Å². The molecule has 2 N–H and O–H groups in total. The van der Waals surface area contributed by atoms with Gasteiger partial charge in [0.15, 0.2) is 0 Å². The number of benzene rings is 1. The van der Waals surface area contributed by atoms with E-state index < -0.39 is 6.04 Å². The maximum atomic E-state index is 11.2. The van der Waals surface area contributed by atoms with E-state index in [0.717, 1.165) is 16.5 Å². The first-order valence-corrected chi connectivity index (χ1v) is 5.51. The Morgan fingerprint density at radius 3 is 3.00 bits per heavy atom. The molecule has 2 rings (SSSR count). The lowest BCUT2D eigenvalue weighted by Gasteiger charge is -2.07. The molecule has 4 heteroatoms. The first-order chi connectivity index (χ1) is 8.22. The second-order valence-corrected chi connectivity index (χ2v) is 3.93. The van der Waals surface area contributed by atoms with Crippen LogP contribution < -0.4 is 5.73 Å². The van der Waals surface area contributed by atoms with Crippen LogP contribution >= 0.6 is 0 Å². The molecule has 90 valence electrons. The second kappa shape index (κ2) is 5.01. The largest absolute Gasteiger partial charge is 0.468 e. The molecule has 0 spiro atoms. The van der Waals surface area contributed by atoms with Gasteiger partial charge in [-0.05, 0) is 24.5 Å². The minimum absolute atomic E-state index is 0.377. The summed E-state index contributed by atoms with van der Waals surface area (Å²) in [5.41, 5.74) is 7.61. The van der Waals surface area contributed by atoms with E-state index in [1.165, 1.54) is 7.11 Å². The average molecular weight is 233 g/mol. The van der Waals surface area contributed by atoms with Gasteiger partial charge in [0.05, 0.1) is 13.4 Å². The van der Waals surface area contributed by atoms with Gasteiger partial charge in [-0.15, -0.1) is 0 Å². The van der Waals surface area contributed by atoms with Crippen LogP contribution in [0, 0.1) is 0 Å². The molecule has 0 saturated heterocycles. The highest BCUT2D eigenvalue weighted by Gasteiger charge is 2.14. The summed E-state index contributed by atoms with van der Waals surface area (Å²) < 4.78 is 9.99. The maximum Gasteiger partial charge on any atom is 0.322 e. The molecule has 1 unspecified atom stereocenters. The lowest BCUT2D eigenvalue weighted by molar-refractivity contribution is -0.142. The zero-order chi connectivity index (χ0) is 12.3. The Morgan fingerprint density at radius 2 is 2.24 bits per heavy atom. The van der Waals surface area contributed by atoms with Gasteiger partial charge in [0.1, 0.15) is 11.6 Å². The summed E-state index contributed by atoms with van der Waals surface area (Å²) in [7, 11) is 1.34. The smallest absolute Gasteiger partial charge is 0.322 e. The third-order valence-corrected chi connectivity index (χ3v) is 2.79. The van der Waals surface area contributed by atoms with Crippen molar-refractivity contribution in [2.75, 3.05) is 7.11 Å². The number of carbonyl (C=O) groups is 1. The van der Waals surface area contributed by atoms with Crippen molar-refractivity contribution in [3.8, 4) is 0 Å². The van der Waals surface area contributed by atoms with Gasteiger partial charge in [-0.1, -0.05) is 18.2 Å². The molecule has 0 radical (unpaired) electrons. The van der Waals surface area contributed by atoms with Crippen LogP contribution in [0.3, 0.4) is 0 Å². The normalized spacial score (nSPS) is 12.6. The predicted molar refractivity (Wildman–Crippen MR) is 64.5 cm³/mol. The number of aryl methyl sites for hydroxylation is 1. The van der Waals surface area contributed by atoms with Crippen LogP contribution in [0.5, 0.6) is 0 Å². The number of hydrogen-bond acceptors (Lipinski definition) is 4. The van der Waals surface area contributed by atoms with E-state index in [4.69, 9.17) is 10.2 Å². The number of nitrogens with two attached hydrogens (primary N) is 1. The molecule has 0 aliphatic rings. The zero-order valence-electron chi connectivity index (χ0n) is 9.68. The van der Waals surface area contributed by atoms with Gasteiger partial charge < -0.3 is 14.9 Å². The van der Waals surface area contributed by atoms with Gasteiger partial charge in [0.25, 0.3) is 0 Å². The number of rotatable bonds is 4. The van der Waals surface area contributed by atoms with E-state index in [0.29, 0.717) is 12.8 Å². The fraction of sp³-hybridized carbons (Fsp3) is 0.308. The molecule has 17 heavy (non-hydrogen) atoms. The number of furan rings is 1. The van der Waals surface area contributed by atoms with Crippen LogP contribution in [0.2, 0.25) is 0 Å². The van der Waals surface area contributed by atoms with Gasteiger partial charge in [0.2, 0.25) is 0 Å². The number of esters is 1. The third-order valence-electron chi connectivity index (χ3n) is 2.79. The standard InChI is InChI=1S/C13H15NO3/c1-16-13(15)11(14)7-6-9-8-17-12-5-3-2-4-10(9)12/h2-5,8,11H,6-7,14H2,1H3. The molecular weight excluding hydrogens is 218 g/mol. The van der Waals surface area contributed by atoms with Gasteiger partial charge in [-0.25, -0.2) is 0 Å². The molecule has 1 heterocycles. The number of para-hydroxylation sites is 1. The molecule has 0 amide bonds. The van der Waals surface area contributed by atoms with Gasteiger partial charge in [-0.3, -0.25) is 4.79 Å². The van der Waals surface area contributed by atoms with Crippen LogP contribution in [0.15, 0.2) is 34.9 Å². The lowest BCUT2D eigenvalue weighted by Crippen LogP contribution is -2.31. The Kier molecular flexibility index (Phi) is 3.44. The topological polar surface area (TPSA) is 65.5 Å². The number of fused-ring (bicyclic) bond motifs is 1. The minimum atomic E-state index is -0.575. The Bertz CT molecular complexity index is 518. The molecule has 0 bridgehead atoms. The van der Waals surface area contributed by atoms with Crippen LogP contribution in [-0.2, 0) is 16.0 Å². The molecule has 0 aliphatic carbocycles. The zero-order valence-corrected chi connectivity index (χ0v) is 9.68. The number of methoxy groups -OCH3 is 1. The fourth-order valence-electron chi connectivity index (χ4n) is 1.81. The summed E-state index contributed by atoms with van der Waals surface area (Å²) in [5.74, 6) is -0.377. The molecule has 1 aromatic heterocycles. The number of ether oxygens (including phenoxy) is 1. The fourth-order valence-corrected chi connectivity index (χ4v) is 1.81. The van der Waals surface area contributed by atoms with Crippen molar-refractivity contribution in [2.24, 2.45) is 5.73 Å². The summed E-state index contributed by atoms with van der Waals surface area (Å²) in [6.45, 7) is 0. The van der Waals surface area contributed by atoms with Gasteiger partial charge >= 0.3 is 5.97 Å². The Hall–Kier alpha value is -1.81. The van der Waals surface area contributed by atoms with Crippen molar-refractivity contribution < 1.29 is 13.9 Å². The molecule has 4 nitrogen and oxygen atoms in total. The highest BCUT2D eigenvalue weighted by Crippen LogP contribution is 2.22. The SMILES string of the molecule is COC(=O)C(N)CCc1coc2ccccc12. The number of hydrogen-bond donors (Lipinski definition) is 1. The molecule has 0 fully saturated rings. The Labute approximate surface area is 99.3 Å². The average Bonchev–Trinajstić information content (AvgIpc) is 2.78. The predicted octanol–water partition coefficient (Wildman–Crippen LogP) is 1.87. The van der Waals surface area contributed by atoms with E-state index >= 15 is 0 Å². The van der Waals surface area contributed by atoms with Crippen molar-refractivity contribution in [3.05, 3.63) is 36.1 Å². The minimum Gasteiger partial charge on any atom is -0.468 e. The molecule has 0 saturated carbocycles. The van der Waals surface area contributed by atoms with Crippen molar-refractivity contribution in [3.63, 3.8) is 0 Å². The second-order valence-electron chi connectivity index (χ2n) is 3.93. The molecule has 0 aliphatic heterocycles. The van der Waals surface area contributed by atoms with Crippen LogP contribution in [0.4, 0.5) is 0 Å². The van der Waals surface area contributed by atoms with E-state index in [1.54, 1.807) is 6.26 Å². The Morgan fingerprint density at radius 1 is 1.47 bits per heavy atom. The first kappa shape index (κ1) is 11.7. The molecule has 2 aromatic rings. The van der Waals surface area contributed by atoms with Gasteiger partial charge in [0, 0.05) is 5.39 Å². The lowest BCUT2D eigenvalue weighted by atomic mass is 10.1. The van der Waals surface area contributed by atoms with Crippen molar-refractivity contribution in [1.82, 2.24) is 0 Å². The van der Waals surface area contributed by atoms with Gasteiger partial charge in [-0.2, -0.15) is 0 Å². The van der Waals surface area contributed by atoms with Crippen LogP contribution in [0.1, 0.15) is 12.0 Å². The molecule has 1 atom stereocenters. The van der Waals surface area contributed by atoms with Crippen molar-refractivity contribution >= 4 is 16.9 Å². The summed E-state index contributed by atoms with van der Waals surface area (Å²) in [6, 6.07) is 7.22. The highest BCUT2D eigenvalue weighted by atomic mass is 16.5. The third kappa shape index (κ3) is 2.47. The first-order valence-electron chi connectivity index (χ1n) is 5.51. The van der Waals surface area contributed by atoms with E-state index in [9.17, 15) is 4.79 Å². The summed E-state index contributed by atoms with van der Waals surface area (Å²) in [5, 5.41) is 1.07. The maximum absolute atomic E-state index is 11.2. The number of carbonyl (C=O) groups excluding carboxylic acids is 1. The van der Waals surface area contributed by atoms with E-state index in [2.05, 4.69) is 4.74 Å². The van der Waals surface area contributed by atoms with Crippen LogP contribution in [0.25, 0.3) is 11.0 Å². The molecular formula is C13H15NO3. The van der Waals surface area contributed by atoms with E-state index in [1.807, 2.05) is 24.3 Å². The monoisotopic (exact) mass is 233 g/mol. The summed E-state index contributed by atoms with van der Waals surface area (Å²) in [6.07, 6.45) is 2.97. The summed E-state index contributed by atoms with van der Waals surface area (Å²) >= 11 is 0. The highest BCUT2D eigenvalue weighted by molar-refractivity contribution is 5.81. The summed E-state index contributed by atoms with van der Waals surface area (Å²) in [4.78, 5) is 11.2. The Balaban J connectivity index is 2.07. The van der Waals surface area contributed by atoms with Crippen LogP contribution in [-0.4, -0.2) is 19.1 Å². The van der Waals surface area contributed by atoms with E-state index in [-0.39, 0.29) is 5.97 Å². The molecule has 1 aromatic carbocycles. The van der Waals surface area contributed by atoms with Crippen molar-refractivity contribution in [2.45, 2.75) is 18.9 Å². The quantitative estimate of drug-likeness (QED) is 0.819.